The third-order valence-electron chi connectivity index (χ3n) is 2.24. The minimum Gasteiger partial charge on any atom is -0.271 e. The van der Waals surface area contributed by atoms with Gasteiger partial charge in [0.25, 0.3) is 0 Å². The lowest BCUT2D eigenvalue weighted by molar-refractivity contribution is 0.463. The van der Waals surface area contributed by atoms with E-state index < -0.39 is 0 Å². The van der Waals surface area contributed by atoms with Crippen LogP contribution in [-0.2, 0) is 6.54 Å². The maximum atomic E-state index is 6.05. The Labute approximate surface area is 89.4 Å². The third-order valence-corrected chi connectivity index (χ3v) is 2.53. The molecule has 4 nitrogen and oxygen atoms in total. The van der Waals surface area contributed by atoms with E-state index in [1.165, 1.54) is 0 Å². The second-order valence-corrected chi connectivity index (χ2v) is 3.61. The highest BCUT2D eigenvalue weighted by molar-refractivity contribution is 6.31. The van der Waals surface area contributed by atoms with E-state index in [9.17, 15) is 0 Å². The molecule has 0 aliphatic carbocycles. The fourth-order valence-electron chi connectivity index (χ4n) is 1.56. The molecule has 0 aromatic carbocycles. The number of nitrogens with one attached hydrogen (secondary N) is 1. The van der Waals surface area contributed by atoms with Crippen LogP contribution < -0.4 is 11.3 Å². The van der Waals surface area contributed by atoms with Crippen molar-refractivity contribution in [2.45, 2.75) is 39.3 Å². The van der Waals surface area contributed by atoms with Crippen molar-refractivity contribution in [3.05, 3.63) is 16.9 Å². The Morgan fingerprint density at radius 3 is 2.86 bits per heavy atom. The van der Waals surface area contributed by atoms with Crippen LogP contribution in [0, 0.1) is 0 Å². The number of hydrogen-bond donors (Lipinski definition) is 2. The molecule has 1 aromatic rings. The van der Waals surface area contributed by atoms with Gasteiger partial charge in [-0.15, -0.1) is 0 Å². The Bertz CT molecular complexity index is 284. The Hall–Kier alpha value is -0.580. The molecule has 0 saturated heterocycles. The fraction of sp³-hybridized carbons (Fsp3) is 0.667. The van der Waals surface area contributed by atoms with Crippen molar-refractivity contribution in [2.24, 2.45) is 5.84 Å². The molecule has 0 saturated carbocycles. The van der Waals surface area contributed by atoms with Gasteiger partial charge in [0.15, 0.2) is 0 Å². The van der Waals surface area contributed by atoms with Crippen molar-refractivity contribution in [1.82, 2.24) is 15.2 Å². The van der Waals surface area contributed by atoms with E-state index in [0.717, 1.165) is 25.1 Å². The summed E-state index contributed by atoms with van der Waals surface area (Å²) in [4.78, 5) is 0. The molecule has 0 spiro atoms. The van der Waals surface area contributed by atoms with E-state index in [1.807, 2.05) is 11.6 Å². The van der Waals surface area contributed by atoms with Crippen LogP contribution in [0.4, 0.5) is 0 Å². The Morgan fingerprint density at radius 1 is 1.64 bits per heavy atom. The number of aryl methyl sites for hydroxylation is 1. The van der Waals surface area contributed by atoms with Crippen LogP contribution in [0.5, 0.6) is 0 Å². The molecule has 1 aromatic heterocycles. The minimum absolute atomic E-state index is 0.0925. The number of hydrogen-bond acceptors (Lipinski definition) is 3. The summed E-state index contributed by atoms with van der Waals surface area (Å²) in [7, 11) is 0. The van der Waals surface area contributed by atoms with Crippen LogP contribution >= 0.6 is 11.6 Å². The maximum absolute atomic E-state index is 6.05. The molecule has 0 fully saturated rings. The summed E-state index contributed by atoms with van der Waals surface area (Å²) in [5, 5.41) is 4.86. The highest BCUT2D eigenvalue weighted by Crippen LogP contribution is 2.25. The smallest absolute Gasteiger partial charge is 0.0834 e. The van der Waals surface area contributed by atoms with Crippen LogP contribution in [0.3, 0.4) is 0 Å². The van der Waals surface area contributed by atoms with E-state index in [2.05, 4.69) is 17.4 Å². The minimum atomic E-state index is 0.0925. The Kier molecular flexibility index (Phi) is 4.38. The highest BCUT2D eigenvalue weighted by atomic mass is 35.5. The van der Waals surface area contributed by atoms with Crippen molar-refractivity contribution in [2.75, 3.05) is 0 Å². The number of halogens is 1. The van der Waals surface area contributed by atoms with E-state index in [1.54, 1.807) is 6.20 Å². The first kappa shape index (κ1) is 11.5. The summed E-state index contributed by atoms with van der Waals surface area (Å²) >= 11 is 6.05. The first-order valence-corrected chi connectivity index (χ1v) is 5.29. The van der Waals surface area contributed by atoms with Gasteiger partial charge in [0.1, 0.15) is 0 Å². The lowest BCUT2D eigenvalue weighted by Gasteiger charge is -2.16. The molecule has 1 unspecified atom stereocenters. The van der Waals surface area contributed by atoms with Crippen molar-refractivity contribution in [3.63, 3.8) is 0 Å². The third kappa shape index (κ3) is 2.26. The molecule has 80 valence electrons. The molecule has 14 heavy (non-hydrogen) atoms. The second-order valence-electron chi connectivity index (χ2n) is 3.20. The number of nitrogens with zero attached hydrogens (tertiary/aromatic N) is 2. The van der Waals surface area contributed by atoms with Gasteiger partial charge < -0.3 is 0 Å². The molecule has 0 bridgehead atoms. The molecule has 1 atom stereocenters. The van der Waals surface area contributed by atoms with Gasteiger partial charge in [-0.25, -0.2) is 0 Å². The molecular weight excluding hydrogens is 200 g/mol. The zero-order chi connectivity index (χ0) is 10.6. The molecule has 5 heteroatoms. The summed E-state index contributed by atoms with van der Waals surface area (Å²) in [5.41, 5.74) is 3.76. The summed E-state index contributed by atoms with van der Waals surface area (Å²) in [5.74, 6) is 5.49. The van der Waals surface area contributed by atoms with Gasteiger partial charge in [0.2, 0.25) is 0 Å². The van der Waals surface area contributed by atoms with E-state index >= 15 is 0 Å². The quantitative estimate of drug-likeness (QED) is 0.584. The van der Waals surface area contributed by atoms with Crippen molar-refractivity contribution in [3.8, 4) is 0 Å². The summed E-state index contributed by atoms with van der Waals surface area (Å²) < 4.78 is 1.88. The molecule has 0 amide bonds. The highest BCUT2D eigenvalue weighted by Gasteiger charge is 2.17. The standard InChI is InChI=1S/C9H17ClN4/c1-3-5-8(13-11)9-7(10)6-12-14(9)4-2/h6,8,13H,3-5,11H2,1-2H3. The van der Waals surface area contributed by atoms with Crippen LogP contribution in [0.2, 0.25) is 5.02 Å². The first-order valence-electron chi connectivity index (χ1n) is 4.91. The molecule has 0 radical (unpaired) electrons. The van der Waals surface area contributed by atoms with Gasteiger partial charge in [0, 0.05) is 6.54 Å². The number of aromatic nitrogens is 2. The normalized spacial score (nSPS) is 13.1. The van der Waals surface area contributed by atoms with E-state index in [0.29, 0.717) is 5.02 Å². The molecule has 1 rings (SSSR count). The molecule has 0 aliphatic heterocycles. The van der Waals surface area contributed by atoms with Gasteiger partial charge in [0.05, 0.1) is 23.0 Å². The van der Waals surface area contributed by atoms with Gasteiger partial charge in [-0.1, -0.05) is 24.9 Å². The van der Waals surface area contributed by atoms with Crippen LogP contribution in [0.1, 0.15) is 38.4 Å². The van der Waals surface area contributed by atoms with Crippen LogP contribution in [-0.4, -0.2) is 9.78 Å². The molecule has 0 aliphatic rings. The number of hydrazine groups is 1. The molecule has 3 N–H and O–H groups in total. The van der Waals surface area contributed by atoms with Crippen LogP contribution in [0.15, 0.2) is 6.20 Å². The maximum Gasteiger partial charge on any atom is 0.0834 e. The Morgan fingerprint density at radius 2 is 2.36 bits per heavy atom. The second kappa shape index (κ2) is 5.34. The largest absolute Gasteiger partial charge is 0.271 e. The van der Waals surface area contributed by atoms with Crippen LogP contribution in [0.25, 0.3) is 0 Å². The van der Waals surface area contributed by atoms with E-state index in [-0.39, 0.29) is 6.04 Å². The first-order chi connectivity index (χ1) is 6.74. The Balaban J connectivity index is 2.94. The average molecular weight is 217 g/mol. The zero-order valence-electron chi connectivity index (χ0n) is 8.63. The number of rotatable bonds is 5. The lowest BCUT2D eigenvalue weighted by atomic mass is 10.1. The van der Waals surface area contributed by atoms with Crippen molar-refractivity contribution >= 4 is 11.6 Å². The van der Waals surface area contributed by atoms with Gasteiger partial charge >= 0.3 is 0 Å². The average Bonchev–Trinajstić information content (AvgIpc) is 2.56. The summed E-state index contributed by atoms with van der Waals surface area (Å²) in [6.07, 6.45) is 3.68. The predicted octanol–water partition coefficient (Wildman–Crippen LogP) is 1.86. The molecular formula is C9H17ClN4. The van der Waals surface area contributed by atoms with Gasteiger partial charge in [-0.3, -0.25) is 16.0 Å². The van der Waals surface area contributed by atoms with Gasteiger partial charge in [-0.05, 0) is 13.3 Å². The topological polar surface area (TPSA) is 55.9 Å². The zero-order valence-corrected chi connectivity index (χ0v) is 9.38. The van der Waals surface area contributed by atoms with Crippen molar-refractivity contribution in [1.29, 1.82) is 0 Å². The monoisotopic (exact) mass is 216 g/mol. The summed E-state index contributed by atoms with van der Waals surface area (Å²) in [6, 6.07) is 0.0925. The fourth-order valence-corrected chi connectivity index (χ4v) is 1.83. The van der Waals surface area contributed by atoms with Gasteiger partial charge in [-0.2, -0.15) is 5.10 Å². The summed E-state index contributed by atoms with van der Waals surface area (Å²) in [6.45, 7) is 4.96. The molecule has 1 heterocycles. The predicted molar refractivity (Wildman–Crippen MR) is 57.9 cm³/mol. The van der Waals surface area contributed by atoms with Crippen molar-refractivity contribution < 1.29 is 0 Å². The van der Waals surface area contributed by atoms with E-state index in [4.69, 9.17) is 17.4 Å². The number of nitrogens with two attached hydrogens (primary N) is 1. The lowest BCUT2D eigenvalue weighted by Crippen LogP contribution is -2.30. The SMILES string of the molecule is CCCC(NN)c1c(Cl)cnn1CC.